The molecule has 6 rings (SSSR count). The number of benzene rings is 2. The molecular weight excluding hydrogens is 466 g/mol. The van der Waals surface area contributed by atoms with Crippen molar-refractivity contribution in [3.05, 3.63) is 65.2 Å². The van der Waals surface area contributed by atoms with E-state index in [1.807, 2.05) is 43.3 Å². The quantitative estimate of drug-likeness (QED) is 0.539. The molecule has 7 nitrogen and oxygen atoms in total. The number of nitrogens with zero attached hydrogens (tertiary/aromatic N) is 2. The molecule has 196 valence electrons. The second kappa shape index (κ2) is 8.57. The minimum absolute atomic E-state index is 0.108. The molecule has 0 radical (unpaired) electrons. The van der Waals surface area contributed by atoms with Crippen molar-refractivity contribution >= 4 is 11.9 Å². The van der Waals surface area contributed by atoms with E-state index in [2.05, 4.69) is 17.1 Å². The molecule has 37 heavy (non-hydrogen) atoms. The Kier molecular flexibility index (Phi) is 5.66. The average Bonchev–Trinajstić information content (AvgIpc) is 3.68. The number of hydrogen-bond donors (Lipinski definition) is 3. The van der Waals surface area contributed by atoms with Crippen molar-refractivity contribution < 1.29 is 19.8 Å². The van der Waals surface area contributed by atoms with Crippen LogP contribution in [-0.4, -0.2) is 62.2 Å². The number of urea groups is 1. The van der Waals surface area contributed by atoms with Crippen molar-refractivity contribution in [1.29, 1.82) is 0 Å². The molecule has 0 unspecified atom stereocenters. The number of phenols is 1. The van der Waals surface area contributed by atoms with Gasteiger partial charge in [0.05, 0.1) is 5.60 Å². The summed E-state index contributed by atoms with van der Waals surface area (Å²) in [4.78, 5) is 31.0. The number of carbonyl (C=O) groups is 2. The van der Waals surface area contributed by atoms with E-state index >= 15 is 0 Å². The Morgan fingerprint density at radius 3 is 2.54 bits per heavy atom. The Balaban J connectivity index is 1.46. The topological polar surface area (TPSA) is 93.1 Å². The molecule has 2 saturated heterocycles. The first-order valence-electron chi connectivity index (χ1n) is 13.6. The summed E-state index contributed by atoms with van der Waals surface area (Å²) in [5.41, 5.74) is -0.120. The fraction of sp³-hybridized carbons (Fsp3) is 0.533. The number of fused-ring (bicyclic) bond motifs is 1. The van der Waals surface area contributed by atoms with Crippen molar-refractivity contribution in [1.82, 2.24) is 15.1 Å². The van der Waals surface area contributed by atoms with E-state index in [9.17, 15) is 19.8 Å². The summed E-state index contributed by atoms with van der Waals surface area (Å²) >= 11 is 0. The standard InChI is InChI=1S/C30H37N3O4/c1-20-8-11-24(34)16-25(20)28-14-15-32(17-23-9-10-23)21(2)30(28,37)13-12-29(19-28)26(35)31-27(36)33(29)18-22-6-4-3-5-7-22/h3-8,11,16,21,23,34,37H,9-10,12-15,17-19H2,1-2H3,(H,31,35,36)/t21-,28-,29+,30-/m1/s1. The van der Waals surface area contributed by atoms with Crippen LogP contribution >= 0.6 is 0 Å². The number of phenolic OH excluding ortho intramolecular Hbond substituents is 1. The third kappa shape index (κ3) is 3.69. The zero-order valence-electron chi connectivity index (χ0n) is 21.7. The van der Waals surface area contributed by atoms with Crippen LogP contribution in [-0.2, 0) is 16.8 Å². The predicted octanol–water partition coefficient (Wildman–Crippen LogP) is 3.85. The van der Waals surface area contributed by atoms with Crippen LogP contribution < -0.4 is 5.32 Å². The third-order valence-corrected chi connectivity index (χ3v) is 9.92. The maximum absolute atomic E-state index is 13.7. The molecule has 4 atom stereocenters. The first kappa shape index (κ1) is 24.4. The Morgan fingerprint density at radius 1 is 1.05 bits per heavy atom. The van der Waals surface area contributed by atoms with Crippen molar-refractivity contribution in [2.75, 3.05) is 13.1 Å². The molecule has 0 aromatic heterocycles. The van der Waals surface area contributed by atoms with Crippen molar-refractivity contribution in [3.8, 4) is 5.75 Å². The van der Waals surface area contributed by atoms with Crippen LogP contribution in [0.5, 0.6) is 5.75 Å². The monoisotopic (exact) mass is 503 g/mol. The molecule has 2 aliphatic heterocycles. The van der Waals surface area contributed by atoms with Gasteiger partial charge in [0.1, 0.15) is 11.3 Å². The predicted molar refractivity (Wildman–Crippen MR) is 140 cm³/mol. The van der Waals surface area contributed by atoms with Crippen LogP contribution in [0, 0.1) is 12.8 Å². The number of amides is 3. The van der Waals surface area contributed by atoms with Crippen molar-refractivity contribution in [2.45, 2.75) is 81.5 Å². The smallest absolute Gasteiger partial charge is 0.325 e. The highest BCUT2D eigenvalue weighted by Gasteiger charge is 2.68. The summed E-state index contributed by atoms with van der Waals surface area (Å²) in [6.45, 7) is 6.25. The summed E-state index contributed by atoms with van der Waals surface area (Å²) in [6, 6.07) is 14.6. The van der Waals surface area contributed by atoms with Crippen LogP contribution in [0.4, 0.5) is 4.79 Å². The highest BCUT2D eigenvalue weighted by molar-refractivity contribution is 6.07. The van der Waals surface area contributed by atoms with Gasteiger partial charge >= 0.3 is 6.03 Å². The molecular formula is C30H37N3O4. The van der Waals surface area contributed by atoms with Gasteiger partial charge in [-0.15, -0.1) is 0 Å². The van der Waals surface area contributed by atoms with E-state index in [4.69, 9.17) is 0 Å². The lowest BCUT2D eigenvalue weighted by Crippen LogP contribution is -2.73. The summed E-state index contributed by atoms with van der Waals surface area (Å²) in [5.74, 6) is 0.578. The summed E-state index contributed by atoms with van der Waals surface area (Å²) in [6.07, 6.45) is 4.28. The highest BCUT2D eigenvalue weighted by Crippen LogP contribution is 2.59. The molecule has 3 N–H and O–H groups in total. The fourth-order valence-corrected chi connectivity index (χ4v) is 7.60. The van der Waals surface area contributed by atoms with E-state index in [-0.39, 0.29) is 23.7 Å². The normalized spacial score (nSPS) is 34.0. The Morgan fingerprint density at radius 2 is 1.81 bits per heavy atom. The van der Waals surface area contributed by atoms with Gasteiger partial charge in [0.15, 0.2) is 0 Å². The molecule has 2 aliphatic carbocycles. The van der Waals surface area contributed by atoms with Crippen LogP contribution in [0.1, 0.15) is 62.1 Å². The van der Waals surface area contributed by atoms with Crippen molar-refractivity contribution in [2.24, 2.45) is 5.92 Å². The molecule has 4 aliphatic rings. The zero-order chi connectivity index (χ0) is 26.0. The molecule has 0 bridgehead atoms. The van der Waals surface area contributed by atoms with Gasteiger partial charge in [0, 0.05) is 24.5 Å². The maximum atomic E-state index is 13.7. The number of imide groups is 1. The number of aryl methyl sites for hydroxylation is 1. The molecule has 2 heterocycles. The SMILES string of the molecule is Cc1ccc(O)cc1[C@]12CCN(CC3CC3)[C@H](C)[C@]1(O)CC[C@]1(C2)C(=O)NC(=O)N1Cc1ccccc1. The highest BCUT2D eigenvalue weighted by atomic mass is 16.3. The van der Waals surface area contributed by atoms with Crippen LogP contribution in [0.2, 0.25) is 0 Å². The zero-order valence-corrected chi connectivity index (χ0v) is 21.7. The number of hydrogen-bond acceptors (Lipinski definition) is 5. The number of likely N-dealkylation sites (tertiary alicyclic amines) is 1. The lowest BCUT2D eigenvalue weighted by Gasteiger charge is -2.63. The first-order valence-corrected chi connectivity index (χ1v) is 13.6. The number of aromatic hydroxyl groups is 1. The van der Waals surface area contributed by atoms with Crippen LogP contribution in [0.3, 0.4) is 0 Å². The molecule has 2 aromatic rings. The summed E-state index contributed by atoms with van der Waals surface area (Å²) in [5, 5.41) is 25.9. The fourth-order valence-electron chi connectivity index (χ4n) is 7.60. The number of carbonyl (C=O) groups excluding carboxylic acids is 2. The molecule has 4 fully saturated rings. The van der Waals surface area contributed by atoms with Gasteiger partial charge in [-0.3, -0.25) is 15.0 Å². The van der Waals surface area contributed by atoms with Gasteiger partial charge < -0.3 is 15.1 Å². The lowest BCUT2D eigenvalue weighted by atomic mass is 9.49. The number of rotatable bonds is 5. The summed E-state index contributed by atoms with van der Waals surface area (Å²) in [7, 11) is 0. The molecule has 1 spiro atoms. The lowest BCUT2D eigenvalue weighted by molar-refractivity contribution is -0.179. The maximum Gasteiger partial charge on any atom is 0.325 e. The first-order chi connectivity index (χ1) is 17.7. The van der Waals surface area contributed by atoms with E-state index in [1.54, 1.807) is 17.0 Å². The number of nitrogens with one attached hydrogen (secondary N) is 1. The van der Waals surface area contributed by atoms with E-state index in [0.29, 0.717) is 38.1 Å². The van der Waals surface area contributed by atoms with Gasteiger partial charge in [0.2, 0.25) is 0 Å². The number of aliphatic hydroxyl groups is 1. The molecule has 2 aromatic carbocycles. The summed E-state index contributed by atoms with van der Waals surface area (Å²) < 4.78 is 0. The molecule has 3 amide bonds. The molecule has 2 saturated carbocycles. The van der Waals surface area contributed by atoms with Crippen LogP contribution in [0.25, 0.3) is 0 Å². The van der Waals surface area contributed by atoms with Gasteiger partial charge in [-0.05, 0) is 93.7 Å². The molecule has 7 heteroatoms. The Hall–Kier alpha value is -2.90. The second-order valence-corrected chi connectivity index (χ2v) is 11.9. The third-order valence-electron chi connectivity index (χ3n) is 9.92. The number of piperidine rings is 1. The average molecular weight is 504 g/mol. The Labute approximate surface area is 218 Å². The van der Waals surface area contributed by atoms with Gasteiger partial charge in [0.25, 0.3) is 5.91 Å². The minimum Gasteiger partial charge on any atom is -0.508 e. The van der Waals surface area contributed by atoms with Gasteiger partial charge in [-0.25, -0.2) is 4.79 Å². The second-order valence-electron chi connectivity index (χ2n) is 11.9. The Bertz CT molecular complexity index is 1230. The van der Waals surface area contributed by atoms with Crippen LogP contribution in [0.15, 0.2) is 48.5 Å². The van der Waals surface area contributed by atoms with E-state index < -0.39 is 16.6 Å². The minimum atomic E-state index is -1.10. The largest absolute Gasteiger partial charge is 0.508 e. The van der Waals surface area contributed by atoms with Crippen molar-refractivity contribution in [3.63, 3.8) is 0 Å². The van der Waals surface area contributed by atoms with E-state index in [1.165, 1.54) is 12.8 Å². The van der Waals surface area contributed by atoms with Gasteiger partial charge in [-0.1, -0.05) is 36.4 Å². The van der Waals surface area contributed by atoms with E-state index in [0.717, 1.165) is 29.8 Å². The van der Waals surface area contributed by atoms with Gasteiger partial charge in [-0.2, -0.15) is 0 Å².